The van der Waals surface area contributed by atoms with Crippen LogP contribution in [0, 0.1) is 0 Å². The maximum absolute atomic E-state index is 10.1. The Labute approximate surface area is 129 Å². The third kappa shape index (κ3) is 9.06. The zero-order chi connectivity index (χ0) is 15.2. The van der Waals surface area contributed by atoms with Gasteiger partial charge in [0.05, 0.1) is 6.61 Å². The SMILES string of the molecule is CCCCCCCCCCOc1ccc(/C=C/[C]=O)cc1. The Hall–Kier alpha value is -1.57. The van der Waals surface area contributed by atoms with Gasteiger partial charge in [-0.05, 0) is 30.2 Å². The van der Waals surface area contributed by atoms with Gasteiger partial charge in [-0.25, -0.2) is 0 Å². The molecule has 0 amide bonds. The van der Waals surface area contributed by atoms with Gasteiger partial charge in [-0.3, -0.25) is 4.79 Å². The van der Waals surface area contributed by atoms with E-state index in [1.165, 1.54) is 51.0 Å². The molecule has 0 fully saturated rings. The normalized spacial score (nSPS) is 10.9. The number of ether oxygens (including phenoxy) is 1. The highest BCUT2D eigenvalue weighted by Gasteiger charge is 1.95. The van der Waals surface area contributed by atoms with Crippen LogP contribution in [0.5, 0.6) is 5.75 Å². The van der Waals surface area contributed by atoms with Crippen LogP contribution in [0.25, 0.3) is 6.08 Å². The maximum Gasteiger partial charge on any atom is 0.225 e. The molecule has 0 bridgehead atoms. The summed E-state index contributed by atoms with van der Waals surface area (Å²) in [7, 11) is 0. The first kappa shape index (κ1) is 17.5. The molecule has 0 aliphatic carbocycles. The van der Waals surface area contributed by atoms with E-state index in [4.69, 9.17) is 4.74 Å². The number of hydrogen-bond acceptors (Lipinski definition) is 2. The smallest absolute Gasteiger partial charge is 0.225 e. The molecule has 1 aromatic carbocycles. The largest absolute Gasteiger partial charge is 0.494 e. The van der Waals surface area contributed by atoms with E-state index in [9.17, 15) is 4.79 Å². The van der Waals surface area contributed by atoms with Crippen LogP contribution in [-0.4, -0.2) is 12.9 Å². The Morgan fingerprint density at radius 3 is 2.19 bits per heavy atom. The van der Waals surface area contributed by atoms with E-state index in [1.54, 1.807) is 12.4 Å². The Bertz CT molecular complexity index is 393. The van der Waals surface area contributed by atoms with Gasteiger partial charge in [0.1, 0.15) is 5.75 Å². The zero-order valence-corrected chi connectivity index (χ0v) is 13.1. The molecule has 21 heavy (non-hydrogen) atoms. The lowest BCUT2D eigenvalue weighted by Crippen LogP contribution is -1.97. The Morgan fingerprint density at radius 2 is 1.57 bits per heavy atom. The van der Waals surface area contributed by atoms with Crippen LogP contribution < -0.4 is 4.74 Å². The summed E-state index contributed by atoms with van der Waals surface area (Å²) in [6, 6.07) is 7.76. The molecule has 0 aromatic heterocycles. The molecule has 0 N–H and O–H groups in total. The van der Waals surface area contributed by atoms with Crippen molar-refractivity contribution in [3.63, 3.8) is 0 Å². The maximum atomic E-state index is 10.1. The standard InChI is InChI=1S/C19H27O2/c1-2-3-4-5-6-7-8-9-17-21-19-14-12-18(13-15-19)11-10-16-20/h10-15H,2-9,17H2,1H3/b11-10+. The fourth-order valence-electron chi connectivity index (χ4n) is 2.23. The number of carbonyl (C=O) groups excluding carboxylic acids is 1. The molecule has 0 spiro atoms. The van der Waals surface area contributed by atoms with E-state index in [2.05, 4.69) is 6.92 Å². The highest BCUT2D eigenvalue weighted by atomic mass is 16.5. The third-order valence-electron chi connectivity index (χ3n) is 3.49. The lowest BCUT2D eigenvalue weighted by atomic mass is 10.1. The molecule has 0 atom stereocenters. The topological polar surface area (TPSA) is 26.3 Å². The zero-order valence-electron chi connectivity index (χ0n) is 13.1. The van der Waals surface area contributed by atoms with Crippen molar-refractivity contribution < 1.29 is 9.53 Å². The number of unbranched alkanes of at least 4 members (excludes halogenated alkanes) is 7. The molecule has 2 nitrogen and oxygen atoms in total. The van der Waals surface area contributed by atoms with Crippen LogP contribution in [0.2, 0.25) is 0 Å². The van der Waals surface area contributed by atoms with Gasteiger partial charge in [-0.15, -0.1) is 0 Å². The summed E-state index contributed by atoms with van der Waals surface area (Å²) in [6.45, 7) is 3.03. The van der Waals surface area contributed by atoms with Crippen LogP contribution in [0.4, 0.5) is 0 Å². The van der Waals surface area contributed by atoms with Gasteiger partial charge in [-0.1, -0.05) is 70.1 Å². The first-order chi connectivity index (χ1) is 10.4. The molecule has 1 aromatic rings. The Morgan fingerprint density at radius 1 is 0.952 bits per heavy atom. The van der Waals surface area contributed by atoms with Crippen LogP contribution in [0.3, 0.4) is 0 Å². The quantitative estimate of drug-likeness (QED) is 0.383. The van der Waals surface area contributed by atoms with Gasteiger partial charge in [-0.2, -0.15) is 0 Å². The fraction of sp³-hybridized carbons (Fsp3) is 0.526. The van der Waals surface area contributed by atoms with E-state index in [-0.39, 0.29) is 0 Å². The predicted molar refractivity (Wildman–Crippen MR) is 89.3 cm³/mol. The molecular weight excluding hydrogens is 260 g/mol. The molecule has 0 saturated carbocycles. The summed E-state index contributed by atoms with van der Waals surface area (Å²) in [5, 5.41) is 0. The molecule has 2 heteroatoms. The average Bonchev–Trinajstić information content (AvgIpc) is 2.52. The molecular formula is C19H27O2. The van der Waals surface area contributed by atoms with Crippen molar-refractivity contribution in [2.45, 2.75) is 58.3 Å². The van der Waals surface area contributed by atoms with E-state index in [0.29, 0.717) is 0 Å². The van der Waals surface area contributed by atoms with Crippen LogP contribution >= 0.6 is 0 Å². The first-order valence-electron chi connectivity index (χ1n) is 8.14. The average molecular weight is 287 g/mol. The molecule has 0 unspecified atom stereocenters. The van der Waals surface area contributed by atoms with Crippen molar-refractivity contribution in [3.05, 3.63) is 35.9 Å². The second kappa shape index (κ2) is 12.2. The molecule has 1 radical (unpaired) electrons. The van der Waals surface area contributed by atoms with Crippen molar-refractivity contribution >= 4 is 12.4 Å². The number of hydrogen-bond donors (Lipinski definition) is 0. The van der Waals surface area contributed by atoms with E-state index >= 15 is 0 Å². The summed E-state index contributed by atoms with van der Waals surface area (Å²) in [5.74, 6) is 0.894. The van der Waals surface area contributed by atoms with Crippen molar-refractivity contribution in [2.24, 2.45) is 0 Å². The van der Waals surface area contributed by atoms with Gasteiger partial charge in [0.2, 0.25) is 6.29 Å². The summed E-state index contributed by atoms with van der Waals surface area (Å²) in [6.07, 6.45) is 15.3. The second-order valence-electron chi connectivity index (χ2n) is 5.34. The minimum absolute atomic E-state index is 0.784. The van der Waals surface area contributed by atoms with E-state index in [1.807, 2.05) is 24.3 Å². The van der Waals surface area contributed by atoms with Gasteiger partial charge < -0.3 is 4.74 Å². The third-order valence-corrected chi connectivity index (χ3v) is 3.49. The number of allylic oxidation sites excluding steroid dienone is 1. The minimum Gasteiger partial charge on any atom is -0.494 e. The summed E-state index contributed by atoms with van der Waals surface area (Å²) in [5.41, 5.74) is 0.984. The van der Waals surface area contributed by atoms with Crippen molar-refractivity contribution in [1.29, 1.82) is 0 Å². The van der Waals surface area contributed by atoms with E-state index in [0.717, 1.165) is 24.3 Å². The summed E-state index contributed by atoms with van der Waals surface area (Å²) < 4.78 is 5.71. The lowest BCUT2D eigenvalue weighted by molar-refractivity contribution is 0.304. The van der Waals surface area contributed by atoms with Crippen LogP contribution in [0.1, 0.15) is 63.9 Å². The van der Waals surface area contributed by atoms with Crippen molar-refractivity contribution in [1.82, 2.24) is 0 Å². The molecule has 0 heterocycles. The Balaban J connectivity index is 2.05. The van der Waals surface area contributed by atoms with Crippen molar-refractivity contribution in [2.75, 3.05) is 6.61 Å². The monoisotopic (exact) mass is 287 g/mol. The molecule has 0 aliphatic rings. The molecule has 0 saturated heterocycles. The van der Waals surface area contributed by atoms with E-state index < -0.39 is 0 Å². The highest BCUT2D eigenvalue weighted by Crippen LogP contribution is 2.14. The molecule has 115 valence electrons. The lowest BCUT2D eigenvalue weighted by Gasteiger charge is -2.06. The fourth-order valence-corrected chi connectivity index (χ4v) is 2.23. The highest BCUT2D eigenvalue weighted by molar-refractivity contribution is 5.74. The van der Waals surface area contributed by atoms with Gasteiger partial charge in [0, 0.05) is 0 Å². The predicted octanol–water partition coefficient (Wildman–Crippen LogP) is 5.33. The number of benzene rings is 1. The molecule has 0 aliphatic heterocycles. The summed E-state index contributed by atoms with van der Waals surface area (Å²) >= 11 is 0. The first-order valence-corrected chi connectivity index (χ1v) is 8.14. The second-order valence-corrected chi connectivity index (χ2v) is 5.34. The summed E-state index contributed by atoms with van der Waals surface area (Å²) in [4.78, 5) is 10.1. The van der Waals surface area contributed by atoms with Gasteiger partial charge in [0.25, 0.3) is 0 Å². The van der Waals surface area contributed by atoms with Gasteiger partial charge >= 0.3 is 0 Å². The number of rotatable bonds is 12. The van der Waals surface area contributed by atoms with Crippen molar-refractivity contribution in [3.8, 4) is 5.75 Å². The van der Waals surface area contributed by atoms with Gasteiger partial charge in [0.15, 0.2) is 0 Å². The minimum atomic E-state index is 0.784. The van der Waals surface area contributed by atoms with Crippen LogP contribution in [-0.2, 0) is 4.79 Å². The molecule has 1 rings (SSSR count). The Kier molecular flexibility index (Phi) is 10.1. The van der Waals surface area contributed by atoms with Crippen LogP contribution in [0.15, 0.2) is 30.3 Å².